The number of hydrogen-bond acceptors (Lipinski definition) is 2. The van der Waals surface area contributed by atoms with Gasteiger partial charge in [-0.05, 0) is 48.8 Å². The van der Waals surface area contributed by atoms with Gasteiger partial charge in [0.15, 0.2) is 0 Å². The molecule has 2 atom stereocenters. The van der Waals surface area contributed by atoms with Crippen molar-refractivity contribution in [3.63, 3.8) is 0 Å². The molecule has 2 aliphatic rings. The number of carbonyl (C=O) groups excluding carboxylic acids is 1. The Bertz CT molecular complexity index is 411. The number of ether oxygens (including phenoxy) is 1. The van der Waals surface area contributed by atoms with Crippen LogP contribution in [0.2, 0.25) is 0 Å². The summed E-state index contributed by atoms with van der Waals surface area (Å²) in [6, 6.07) is 6.28. The molecule has 1 fully saturated rings. The van der Waals surface area contributed by atoms with E-state index in [1.807, 2.05) is 0 Å². The third-order valence-corrected chi connectivity index (χ3v) is 3.66. The minimum Gasteiger partial charge on any atom is -0.493 e. The van der Waals surface area contributed by atoms with Gasteiger partial charge in [0, 0.05) is 5.92 Å². The van der Waals surface area contributed by atoms with Crippen LogP contribution >= 0.6 is 0 Å². The highest BCUT2D eigenvalue weighted by Gasteiger charge is 2.39. The molecule has 2 unspecified atom stereocenters. The highest BCUT2D eigenvalue weighted by Crippen LogP contribution is 2.48. The van der Waals surface area contributed by atoms with Crippen LogP contribution in [0.15, 0.2) is 18.2 Å². The first-order chi connectivity index (χ1) is 7.90. The van der Waals surface area contributed by atoms with E-state index < -0.39 is 0 Å². The number of carbonyl (C=O) groups is 1. The predicted octanol–water partition coefficient (Wildman–Crippen LogP) is 2.70. The van der Waals surface area contributed by atoms with Crippen molar-refractivity contribution in [3.8, 4) is 5.75 Å². The Morgan fingerprint density at radius 1 is 1.31 bits per heavy atom. The molecule has 0 amide bonds. The molecule has 0 saturated heterocycles. The van der Waals surface area contributed by atoms with Crippen LogP contribution in [-0.2, 0) is 11.2 Å². The second-order valence-electron chi connectivity index (χ2n) is 4.77. The van der Waals surface area contributed by atoms with Gasteiger partial charge in [0.2, 0.25) is 0 Å². The lowest BCUT2D eigenvalue weighted by atomic mass is 9.97. The van der Waals surface area contributed by atoms with E-state index in [1.54, 1.807) is 0 Å². The summed E-state index contributed by atoms with van der Waals surface area (Å²) in [5.74, 6) is 1.77. The Labute approximate surface area is 95.6 Å². The average Bonchev–Trinajstić information content (AvgIpc) is 3.11. The van der Waals surface area contributed by atoms with Gasteiger partial charge in [-0.1, -0.05) is 12.1 Å². The molecular formula is C14H16O2. The smallest absolute Gasteiger partial charge is 0.123 e. The molecule has 1 aromatic carbocycles. The fourth-order valence-corrected chi connectivity index (χ4v) is 2.64. The van der Waals surface area contributed by atoms with Crippen molar-refractivity contribution in [2.45, 2.75) is 31.6 Å². The lowest BCUT2D eigenvalue weighted by molar-refractivity contribution is -0.108. The van der Waals surface area contributed by atoms with E-state index in [2.05, 4.69) is 18.2 Å². The van der Waals surface area contributed by atoms with E-state index in [0.717, 1.165) is 37.9 Å². The van der Waals surface area contributed by atoms with Crippen molar-refractivity contribution >= 4 is 6.29 Å². The number of rotatable bonds is 2. The van der Waals surface area contributed by atoms with Crippen LogP contribution in [0.25, 0.3) is 0 Å². The lowest BCUT2D eigenvalue weighted by Gasteiger charge is -2.11. The minimum atomic E-state index is 0.259. The van der Waals surface area contributed by atoms with E-state index in [0.29, 0.717) is 5.92 Å². The Morgan fingerprint density at radius 3 is 3.06 bits per heavy atom. The number of hydrogen-bond donors (Lipinski definition) is 0. The molecule has 1 aromatic rings. The summed E-state index contributed by atoms with van der Waals surface area (Å²) < 4.78 is 5.75. The molecule has 1 aliphatic carbocycles. The van der Waals surface area contributed by atoms with Gasteiger partial charge in [0.05, 0.1) is 6.61 Å². The van der Waals surface area contributed by atoms with Crippen LogP contribution in [-0.4, -0.2) is 12.9 Å². The molecule has 1 saturated carbocycles. The SMILES string of the molecule is O=CC1CC1c1cccc2c1CCCCO2. The monoisotopic (exact) mass is 216 g/mol. The number of benzene rings is 1. The highest BCUT2D eigenvalue weighted by molar-refractivity contribution is 5.62. The molecule has 0 radical (unpaired) electrons. The summed E-state index contributed by atoms with van der Waals surface area (Å²) in [6.45, 7) is 0.832. The van der Waals surface area contributed by atoms with Crippen LogP contribution in [0.5, 0.6) is 5.75 Å². The topological polar surface area (TPSA) is 26.3 Å². The van der Waals surface area contributed by atoms with Crippen LogP contribution in [0.3, 0.4) is 0 Å². The van der Waals surface area contributed by atoms with Gasteiger partial charge >= 0.3 is 0 Å². The maximum absolute atomic E-state index is 10.8. The Hall–Kier alpha value is -1.31. The molecular weight excluding hydrogens is 200 g/mol. The molecule has 2 heteroatoms. The third-order valence-electron chi connectivity index (χ3n) is 3.66. The van der Waals surface area contributed by atoms with Gasteiger partial charge < -0.3 is 9.53 Å². The largest absolute Gasteiger partial charge is 0.493 e. The van der Waals surface area contributed by atoms with Crippen molar-refractivity contribution < 1.29 is 9.53 Å². The molecule has 1 aliphatic heterocycles. The third kappa shape index (κ3) is 1.62. The maximum atomic E-state index is 10.8. The van der Waals surface area contributed by atoms with Crippen molar-refractivity contribution in [2.75, 3.05) is 6.61 Å². The molecule has 0 aromatic heterocycles. The predicted molar refractivity (Wildman–Crippen MR) is 61.8 cm³/mol. The summed E-state index contributed by atoms with van der Waals surface area (Å²) in [6.07, 6.45) is 5.56. The molecule has 2 nitrogen and oxygen atoms in total. The van der Waals surface area contributed by atoms with E-state index in [1.165, 1.54) is 17.5 Å². The summed E-state index contributed by atoms with van der Waals surface area (Å²) in [5, 5.41) is 0. The van der Waals surface area contributed by atoms with Gasteiger partial charge in [0.25, 0.3) is 0 Å². The van der Waals surface area contributed by atoms with Crippen LogP contribution in [0.4, 0.5) is 0 Å². The molecule has 0 spiro atoms. The molecule has 84 valence electrons. The van der Waals surface area contributed by atoms with E-state index >= 15 is 0 Å². The maximum Gasteiger partial charge on any atom is 0.123 e. The Morgan fingerprint density at radius 2 is 2.25 bits per heavy atom. The molecule has 16 heavy (non-hydrogen) atoms. The second-order valence-corrected chi connectivity index (χ2v) is 4.77. The highest BCUT2D eigenvalue weighted by atomic mass is 16.5. The molecule has 1 heterocycles. The number of fused-ring (bicyclic) bond motifs is 1. The summed E-state index contributed by atoms with van der Waals surface area (Å²) in [4.78, 5) is 10.8. The summed E-state index contributed by atoms with van der Waals surface area (Å²) in [7, 11) is 0. The second kappa shape index (κ2) is 3.93. The van der Waals surface area contributed by atoms with Crippen molar-refractivity contribution in [1.29, 1.82) is 0 Å². The standard InChI is InChI=1S/C14H16O2/c15-9-10-8-13(10)11-5-3-6-14-12(11)4-1-2-7-16-14/h3,5-6,9-10,13H,1-2,4,7-8H2. The van der Waals surface area contributed by atoms with Crippen molar-refractivity contribution in [3.05, 3.63) is 29.3 Å². The van der Waals surface area contributed by atoms with Gasteiger partial charge in [-0.15, -0.1) is 0 Å². The van der Waals surface area contributed by atoms with Crippen molar-refractivity contribution in [1.82, 2.24) is 0 Å². The van der Waals surface area contributed by atoms with Crippen LogP contribution in [0.1, 0.15) is 36.3 Å². The lowest BCUT2D eigenvalue weighted by Crippen LogP contribution is -1.97. The van der Waals surface area contributed by atoms with E-state index in [9.17, 15) is 4.79 Å². The first-order valence-corrected chi connectivity index (χ1v) is 6.10. The Balaban J connectivity index is 1.96. The average molecular weight is 216 g/mol. The Kier molecular flexibility index (Phi) is 2.43. The van der Waals surface area contributed by atoms with E-state index in [-0.39, 0.29) is 5.92 Å². The zero-order valence-corrected chi connectivity index (χ0v) is 9.32. The molecule has 3 rings (SSSR count). The van der Waals surface area contributed by atoms with Gasteiger partial charge in [-0.3, -0.25) is 0 Å². The zero-order chi connectivity index (χ0) is 11.0. The zero-order valence-electron chi connectivity index (χ0n) is 9.32. The minimum absolute atomic E-state index is 0.259. The number of aldehydes is 1. The van der Waals surface area contributed by atoms with Gasteiger partial charge in [-0.25, -0.2) is 0 Å². The fraction of sp³-hybridized carbons (Fsp3) is 0.500. The van der Waals surface area contributed by atoms with Crippen LogP contribution < -0.4 is 4.74 Å². The fourth-order valence-electron chi connectivity index (χ4n) is 2.64. The van der Waals surface area contributed by atoms with Gasteiger partial charge in [-0.2, -0.15) is 0 Å². The molecule has 0 bridgehead atoms. The first-order valence-electron chi connectivity index (χ1n) is 6.10. The normalized spacial score (nSPS) is 27.5. The molecule has 0 N–H and O–H groups in total. The van der Waals surface area contributed by atoms with Crippen molar-refractivity contribution in [2.24, 2.45) is 5.92 Å². The first kappa shape index (κ1) is 9.88. The quantitative estimate of drug-likeness (QED) is 0.710. The van der Waals surface area contributed by atoms with Crippen LogP contribution in [0, 0.1) is 5.92 Å². The summed E-state index contributed by atoms with van der Waals surface area (Å²) in [5.41, 5.74) is 2.71. The van der Waals surface area contributed by atoms with E-state index in [4.69, 9.17) is 4.74 Å². The summed E-state index contributed by atoms with van der Waals surface area (Å²) >= 11 is 0. The van der Waals surface area contributed by atoms with Gasteiger partial charge in [0.1, 0.15) is 12.0 Å².